The summed E-state index contributed by atoms with van der Waals surface area (Å²) in [5.74, 6) is -0.0690. The fourth-order valence-corrected chi connectivity index (χ4v) is 3.07. The summed E-state index contributed by atoms with van der Waals surface area (Å²) in [4.78, 5) is 28.6. The number of phenols is 1. The van der Waals surface area contributed by atoms with Crippen molar-refractivity contribution in [1.29, 1.82) is 0 Å². The van der Waals surface area contributed by atoms with E-state index < -0.39 is 5.60 Å². The number of hydrogen-bond donors (Lipinski definition) is 2. The van der Waals surface area contributed by atoms with E-state index in [1.165, 1.54) is 12.1 Å². The van der Waals surface area contributed by atoms with E-state index in [9.17, 15) is 14.7 Å². The monoisotopic (exact) mass is 397 g/mol. The van der Waals surface area contributed by atoms with Gasteiger partial charge in [0.2, 0.25) is 0 Å². The predicted molar refractivity (Wildman–Crippen MR) is 113 cm³/mol. The van der Waals surface area contributed by atoms with Gasteiger partial charge in [-0.05, 0) is 63.2 Å². The summed E-state index contributed by atoms with van der Waals surface area (Å²) >= 11 is 0. The van der Waals surface area contributed by atoms with Crippen LogP contribution in [0.1, 0.15) is 31.1 Å². The van der Waals surface area contributed by atoms with E-state index >= 15 is 0 Å². The Kier molecular flexibility index (Phi) is 5.96. The zero-order valence-electron chi connectivity index (χ0n) is 17.0. The highest BCUT2D eigenvalue weighted by Crippen LogP contribution is 2.21. The number of nitrogens with one attached hydrogen (secondary N) is 1. The average Bonchev–Trinajstić information content (AvgIpc) is 2.68. The van der Waals surface area contributed by atoms with E-state index in [0.717, 1.165) is 5.69 Å². The van der Waals surface area contributed by atoms with Crippen molar-refractivity contribution in [2.24, 2.45) is 0 Å². The molecule has 0 atom stereocenters. The van der Waals surface area contributed by atoms with Crippen LogP contribution in [-0.2, 0) is 4.74 Å². The summed E-state index contributed by atoms with van der Waals surface area (Å²) in [7, 11) is 0. The van der Waals surface area contributed by atoms with Gasteiger partial charge < -0.3 is 25.0 Å². The SMILES string of the molecule is CC(C)(C)OC(=O)N1CCN(c2cccc(C(=O)Nc3ccc(O)cc3)c2)CC1. The molecule has 0 unspecified atom stereocenters. The topological polar surface area (TPSA) is 82.1 Å². The molecule has 7 nitrogen and oxygen atoms in total. The zero-order chi connectivity index (χ0) is 21.0. The number of phenolic OH excluding ortho intramolecular Hbond substituents is 1. The minimum Gasteiger partial charge on any atom is -0.508 e. The van der Waals surface area contributed by atoms with Gasteiger partial charge in [-0.15, -0.1) is 0 Å². The number of benzene rings is 2. The van der Waals surface area contributed by atoms with Gasteiger partial charge in [0, 0.05) is 43.1 Å². The quantitative estimate of drug-likeness (QED) is 0.772. The second kappa shape index (κ2) is 8.43. The number of nitrogens with zero attached hydrogens (tertiary/aromatic N) is 2. The fraction of sp³-hybridized carbons (Fsp3) is 0.364. The van der Waals surface area contributed by atoms with E-state index in [1.54, 1.807) is 23.1 Å². The van der Waals surface area contributed by atoms with Crippen LogP contribution in [0.2, 0.25) is 0 Å². The number of amides is 2. The van der Waals surface area contributed by atoms with Crippen LogP contribution >= 0.6 is 0 Å². The van der Waals surface area contributed by atoms with Crippen LogP contribution in [0, 0.1) is 0 Å². The normalized spacial score (nSPS) is 14.4. The lowest BCUT2D eigenvalue weighted by atomic mass is 10.1. The lowest BCUT2D eigenvalue weighted by molar-refractivity contribution is 0.0240. The Morgan fingerprint density at radius 3 is 2.28 bits per heavy atom. The smallest absolute Gasteiger partial charge is 0.410 e. The number of anilines is 2. The minimum atomic E-state index is -0.507. The van der Waals surface area contributed by atoms with E-state index in [2.05, 4.69) is 10.2 Å². The molecule has 2 aromatic rings. The van der Waals surface area contributed by atoms with E-state index in [0.29, 0.717) is 37.4 Å². The van der Waals surface area contributed by atoms with Crippen molar-refractivity contribution in [3.05, 3.63) is 54.1 Å². The predicted octanol–water partition coefficient (Wildman–Crippen LogP) is 3.70. The molecule has 1 heterocycles. The molecule has 1 saturated heterocycles. The molecule has 2 amide bonds. The van der Waals surface area contributed by atoms with Crippen molar-refractivity contribution in [3.63, 3.8) is 0 Å². The number of piperazine rings is 1. The average molecular weight is 397 g/mol. The molecule has 1 aliphatic rings. The third kappa shape index (κ3) is 5.63. The van der Waals surface area contributed by atoms with Gasteiger partial charge in [0.05, 0.1) is 0 Å². The van der Waals surface area contributed by atoms with Crippen molar-refractivity contribution in [2.45, 2.75) is 26.4 Å². The molecule has 0 spiro atoms. The number of carbonyl (C=O) groups excluding carboxylic acids is 2. The molecular formula is C22H27N3O4. The van der Waals surface area contributed by atoms with Crippen LogP contribution < -0.4 is 10.2 Å². The first-order valence-corrected chi connectivity index (χ1v) is 9.64. The van der Waals surface area contributed by atoms with Gasteiger partial charge in [-0.25, -0.2) is 4.79 Å². The maximum Gasteiger partial charge on any atom is 0.410 e. The molecule has 1 aliphatic heterocycles. The molecular weight excluding hydrogens is 370 g/mol. The van der Waals surface area contributed by atoms with Gasteiger partial charge in [-0.3, -0.25) is 4.79 Å². The van der Waals surface area contributed by atoms with Gasteiger partial charge in [-0.2, -0.15) is 0 Å². The Labute approximate surface area is 170 Å². The summed E-state index contributed by atoms with van der Waals surface area (Å²) in [6, 6.07) is 13.8. The zero-order valence-corrected chi connectivity index (χ0v) is 17.0. The van der Waals surface area contributed by atoms with Gasteiger partial charge in [-0.1, -0.05) is 6.07 Å². The van der Waals surface area contributed by atoms with Crippen LogP contribution in [0.5, 0.6) is 5.75 Å². The van der Waals surface area contributed by atoms with Crippen LogP contribution in [0.4, 0.5) is 16.2 Å². The Bertz CT molecular complexity index is 866. The summed E-state index contributed by atoms with van der Waals surface area (Å²) in [6.45, 7) is 8.05. The fourth-order valence-electron chi connectivity index (χ4n) is 3.07. The third-order valence-electron chi connectivity index (χ3n) is 4.53. The molecule has 0 radical (unpaired) electrons. The lowest BCUT2D eigenvalue weighted by Crippen LogP contribution is -2.50. The van der Waals surface area contributed by atoms with E-state index in [-0.39, 0.29) is 17.7 Å². The molecule has 1 fully saturated rings. The van der Waals surface area contributed by atoms with Crippen LogP contribution in [0.15, 0.2) is 48.5 Å². The van der Waals surface area contributed by atoms with Crippen LogP contribution in [0.25, 0.3) is 0 Å². The Hall–Kier alpha value is -3.22. The summed E-state index contributed by atoms with van der Waals surface area (Å²) < 4.78 is 5.43. The Balaban J connectivity index is 1.61. The van der Waals surface area contributed by atoms with Gasteiger partial charge in [0.25, 0.3) is 5.91 Å². The molecule has 154 valence electrons. The largest absolute Gasteiger partial charge is 0.508 e. The number of carbonyl (C=O) groups is 2. The van der Waals surface area contributed by atoms with Crippen molar-refractivity contribution >= 4 is 23.4 Å². The van der Waals surface area contributed by atoms with Gasteiger partial charge in [0.15, 0.2) is 0 Å². The first-order valence-electron chi connectivity index (χ1n) is 9.64. The van der Waals surface area contributed by atoms with Gasteiger partial charge in [0.1, 0.15) is 11.4 Å². The van der Waals surface area contributed by atoms with E-state index in [1.807, 2.05) is 39.0 Å². The van der Waals surface area contributed by atoms with Crippen molar-refractivity contribution in [3.8, 4) is 5.75 Å². The first-order chi connectivity index (χ1) is 13.7. The third-order valence-corrected chi connectivity index (χ3v) is 4.53. The van der Waals surface area contributed by atoms with Crippen LogP contribution in [-0.4, -0.2) is 53.8 Å². The lowest BCUT2D eigenvalue weighted by Gasteiger charge is -2.36. The molecule has 7 heteroatoms. The molecule has 2 aromatic carbocycles. The summed E-state index contributed by atoms with van der Waals surface area (Å²) in [5, 5.41) is 12.2. The second-order valence-electron chi connectivity index (χ2n) is 8.01. The maximum absolute atomic E-state index is 12.5. The molecule has 2 N–H and O–H groups in total. The molecule has 0 aromatic heterocycles. The molecule has 3 rings (SSSR count). The molecule has 0 bridgehead atoms. The highest BCUT2D eigenvalue weighted by Gasteiger charge is 2.26. The summed E-state index contributed by atoms with van der Waals surface area (Å²) in [5.41, 5.74) is 1.59. The minimum absolute atomic E-state index is 0.149. The Morgan fingerprint density at radius 1 is 1.00 bits per heavy atom. The number of hydrogen-bond acceptors (Lipinski definition) is 5. The van der Waals surface area contributed by atoms with Crippen molar-refractivity contribution < 1.29 is 19.4 Å². The summed E-state index contributed by atoms with van der Waals surface area (Å²) in [6.07, 6.45) is -0.292. The number of rotatable bonds is 3. The van der Waals surface area contributed by atoms with Crippen LogP contribution in [0.3, 0.4) is 0 Å². The van der Waals surface area contributed by atoms with Crippen molar-refractivity contribution in [1.82, 2.24) is 4.90 Å². The highest BCUT2D eigenvalue weighted by atomic mass is 16.6. The number of ether oxygens (including phenoxy) is 1. The molecule has 0 aliphatic carbocycles. The van der Waals surface area contributed by atoms with Gasteiger partial charge >= 0.3 is 6.09 Å². The second-order valence-corrected chi connectivity index (χ2v) is 8.01. The maximum atomic E-state index is 12.5. The molecule has 29 heavy (non-hydrogen) atoms. The number of aromatic hydroxyl groups is 1. The van der Waals surface area contributed by atoms with Crippen molar-refractivity contribution in [2.75, 3.05) is 36.4 Å². The molecule has 0 saturated carbocycles. The van der Waals surface area contributed by atoms with E-state index in [4.69, 9.17) is 4.74 Å². The standard InChI is InChI=1S/C22H27N3O4/c1-22(2,3)29-21(28)25-13-11-24(12-14-25)18-6-4-5-16(15-18)20(27)23-17-7-9-19(26)10-8-17/h4-10,15,26H,11-14H2,1-3H3,(H,23,27). The first kappa shape index (κ1) is 20.5. The highest BCUT2D eigenvalue weighted by molar-refractivity contribution is 6.04. The Morgan fingerprint density at radius 2 is 1.66 bits per heavy atom.